The van der Waals surface area contributed by atoms with Crippen molar-refractivity contribution in [1.82, 2.24) is 4.98 Å². The van der Waals surface area contributed by atoms with Crippen LogP contribution in [0.15, 0.2) is 33.8 Å². The van der Waals surface area contributed by atoms with Gasteiger partial charge in [0.15, 0.2) is 0 Å². The highest BCUT2D eigenvalue weighted by atomic mass is 16.5. The molecule has 23 heavy (non-hydrogen) atoms. The Kier molecular flexibility index (Phi) is 5.75. The minimum atomic E-state index is 0.211. The SMILES string of the molecule is CCC(CC)c1nc(C#N)c(NN=Cc2ccc(OC)cc2)o1. The lowest BCUT2D eigenvalue weighted by atomic mass is 10.0. The molecule has 6 heteroatoms. The van der Waals surface area contributed by atoms with E-state index in [-0.39, 0.29) is 17.5 Å². The molecule has 2 aromatic rings. The van der Waals surface area contributed by atoms with E-state index in [4.69, 9.17) is 14.4 Å². The number of benzene rings is 1. The summed E-state index contributed by atoms with van der Waals surface area (Å²) in [7, 11) is 1.62. The van der Waals surface area contributed by atoms with E-state index >= 15 is 0 Å². The van der Waals surface area contributed by atoms with Crippen molar-refractivity contribution in [2.45, 2.75) is 32.6 Å². The van der Waals surface area contributed by atoms with Crippen LogP contribution in [0.3, 0.4) is 0 Å². The number of rotatable bonds is 7. The fraction of sp³-hybridized carbons (Fsp3) is 0.353. The Morgan fingerprint density at radius 3 is 2.61 bits per heavy atom. The molecule has 6 nitrogen and oxygen atoms in total. The van der Waals surface area contributed by atoms with Crippen molar-refractivity contribution in [2.75, 3.05) is 12.5 Å². The highest BCUT2D eigenvalue weighted by Gasteiger charge is 2.18. The maximum absolute atomic E-state index is 9.15. The van der Waals surface area contributed by atoms with Crippen LogP contribution in [0, 0.1) is 11.3 Å². The van der Waals surface area contributed by atoms with Gasteiger partial charge >= 0.3 is 0 Å². The van der Waals surface area contributed by atoms with Crippen molar-refractivity contribution in [3.63, 3.8) is 0 Å². The highest BCUT2D eigenvalue weighted by Crippen LogP contribution is 2.27. The topological polar surface area (TPSA) is 83.4 Å². The standard InChI is InChI=1S/C17H20N4O2/c1-4-13(5-2)16-20-15(10-18)17(23-16)21-19-11-12-6-8-14(22-3)9-7-12/h6-9,11,13,21H,4-5H2,1-3H3. The molecule has 0 amide bonds. The van der Waals surface area contributed by atoms with E-state index in [0.717, 1.165) is 24.2 Å². The second-order valence-corrected chi connectivity index (χ2v) is 5.00. The summed E-state index contributed by atoms with van der Waals surface area (Å²) in [5.74, 6) is 1.85. The number of methoxy groups -OCH3 is 1. The number of nitrogens with one attached hydrogen (secondary N) is 1. The van der Waals surface area contributed by atoms with Gasteiger partial charge in [-0.2, -0.15) is 10.4 Å². The first kappa shape index (κ1) is 16.6. The van der Waals surface area contributed by atoms with E-state index in [2.05, 4.69) is 29.4 Å². The van der Waals surface area contributed by atoms with Crippen LogP contribution in [0.2, 0.25) is 0 Å². The first-order chi connectivity index (χ1) is 11.2. The lowest BCUT2D eigenvalue weighted by Crippen LogP contribution is -1.95. The largest absolute Gasteiger partial charge is 0.497 e. The fourth-order valence-corrected chi connectivity index (χ4v) is 2.16. The second-order valence-electron chi connectivity index (χ2n) is 5.00. The van der Waals surface area contributed by atoms with Gasteiger partial charge in [-0.1, -0.05) is 13.8 Å². The quantitative estimate of drug-likeness (QED) is 0.619. The van der Waals surface area contributed by atoms with Crippen molar-refractivity contribution in [2.24, 2.45) is 5.10 Å². The molecule has 0 bridgehead atoms. The Morgan fingerprint density at radius 2 is 2.04 bits per heavy atom. The van der Waals surface area contributed by atoms with Crippen LogP contribution in [0.4, 0.5) is 5.88 Å². The van der Waals surface area contributed by atoms with Gasteiger partial charge < -0.3 is 9.15 Å². The van der Waals surface area contributed by atoms with E-state index in [1.165, 1.54) is 0 Å². The fourth-order valence-electron chi connectivity index (χ4n) is 2.16. The number of hydrogen-bond donors (Lipinski definition) is 1. The summed E-state index contributed by atoms with van der Waals surface area (Å²) < 4.78 is 10.7. The smallest absolute Gasteiger partial charge is 0.252 e. The molecule has 2 rings (SSSR count). The van der Waals surface area contributed by atoms with Crippen LogP contribution in [-0.2, 0) is 0 Å². The summed E-state index contributed by atoms with van der Waals surface area (Å²) >= 11 is 0. The lowest BCUT2D eigenvalue weighted by molar-refractivity contribution is 0.415. The van der Waals surface area contributed by atoms with Gasteiger partial charge in [0.05, 0.1) is 13.3 Å². The minimum absolute atomic E-state index is 0.211. The lowest BCUT2D eigenvalue weighted by Gasteiger charge is -2.05. The maximum Gasteiger partial charge on any atom is 0.252 e. The van der Waals surface area contributed by atoms with Crippen molar-refractivity contribution in [1.29, 1.82) is 5.26 Å². The van der Waals surface area contributed by atoms with E-state index < -0.39 is 0 Å². The van der Waals surface area contributed by atoms with E-state index in [1.54, 1.807) is 13.3 Å². The Bertz CT molecular complexity index is 694. The summed E-state index contributed by atoms with van der Waals surface area (Å²) in [5, 5.41) is 13.3. The third-order valence-corrected chi connectivity index (χ3v) is 3.58. The molecule has 1 N–H and O–H groups in total. The van der Waals surface area contributed by atoms with Crippen LogP contribution in [0.25, 0.3) is 0 Å². The van der Waals surface area contributed by atoms with E-state index in [9.17, 15) is 0 Å². The van der Waals surface area contributed by atoms with Crippen molar-refractivity contribution in [3.05, 3.63) is 41.4 Å². The van der Waals surface area contributed by atoms with Crippen molar-refractivity contribution < 1.29 is 9.15 Å². The van der Waals surface area contributed by atoms with Crippen LogP contribution in [0.5, 0.6) is 5.75 Å². The molecule has 0 aliphatic carbocycles. The third kappa shape index (κ3) is 4.10. The Morgan fingerprint density at radius 1 is 1.35 bits per heavy atom. The molecule has 1 heterocycles. The molecule has 0 radical (unpaired) electrons. The molecule has 1 aromatic carbocycles. The summed E-state index contributed by atoms with van der Waals surface area (Å²) in [6, 6.07) is 9.48. The molecular weight excluding hydrogens is 292 g/mol. The number of hydrazone groups is 1. The summed E-state index contributed by atoms with van der Waals surface area (Å²) in [6.45, 7) is 4.14. The maximum atomic E-state index is 9.15. The Hall–Kier alpha value is -2.81. The number of aromatic nitrogens is 1. The van der Waals surface area contributed by atoms with Gasteiger partial charge in [-0.25, -0.2) is 10.4 Å². The number of ether oxygens (including phenoxy) is 1. The summed E-state index contributed by atoms with van der Waals surface area (Å²) in [4.78, 5) is 4.24. The number of oxazole rings is 1. The average molecular weight is 312 g/mol. The molecule has 0 unspecified atom stereocenters. The molecular formula is C17H20N4O2. The van der Waals surface area contributed by atoms with Crippen LogP contribution in [0.1, 0.15) is 49.8 Å². The van der Waals surface area contributed by atoms with Crippen LogP contribution >= 0.6 is 0 Å². The number of hydrogen-bond acceptors (Lipinski definition) is 6. The van der Waals surface area contributed by atoms with Gasteiger partial charge in [0.2, 0.25) is 11.6 Å². The van der Waals surface area contributed by atoms with Crippen molar-refractivity contribution >= 4 is 12.1 Å². The molecule has 1 aromatic heterocycles. The number of nitrogens with zero attached hydrogens (tertiary/aromatic N) is 3. The van der Waals surface area contributed by atoms with Crippen molar-refractivity contribution in [3.8, 4) is 11.8 Å². The number of nitriles is 1. The zero-order valence-electron chi connectivity index (χ0n) is 13.5. The molecule has 120 valence electrons. The monoisotopic (exact) mass is 312 g/mol. The molecule has 0 fully saturated rings. The molecule has 0 atom stereocenters. The zero-order valence-corrected chi connectivity index (χ0v) is 13.5. The number of anilines is 1. The summed E-state index contributed by atoms with van der Waals surface area (Å²) in [5.41, 5.74) is 3.87. The first-order valence-corrected chi connectivity index (χ1v) is 7.55. The molecule has 0 saturated carbocycles. The second kappa shape index (κ2) is 7.99. The van der Waals surface area contributed by atoms with E-state index in [0.29, 0.717) is 5.89 Å². The Labute approximate surface area is 135 Å². The Balaban J connectivity index is 2.10. The predicted octanol–water partition coefficient (Wildman–Crippen LogP) is 3.90. The van der Waals surface area contributed by atoms with Crippen LogP contribution in [-0.4, -0.2) is 18.3 Å². The molecule has 0 spiro atoms. The molecule has 0 saturated heterocycles. The predicted molar refractivity (Wildman–Crippen MR) is 88.8 cm³/mol. The van der Waals surface area contributed by atoms with Gasteiger partial charge in [-0.3, -0.25) is 0 Å². The van der Waals surface area contributed by atoms with Gasteiger partial charge in [0.25, 0.3) is 5.88 Å². The summed E-state index contributed by atoms with van der Waals surface area (Å²) in [6.07, 6.45) is 3.47. The zero-order chi connectivity index (χ0) is 16.7. The molecule has 0 aliphatic rings. The normalized spacial score (nSPS) is 10.9. The highest BCUT2D eigenvalue weighted by molar-refractivity contribution is 5.80. The molecule has 0 aliphatic heterocycles. The third-order valence-electron chi connectivity index (χ3n) is 3.58. The minimum Gasteiger partial charge on any atom is -0.497 e. The average Bonchev–Trinajstić information content (AvgIpc) is 2.99. The van der Waals surface area contributed by atoms with Gasteiger partial charge in [-0.15, -0.1) is 0 Å². The van der Waals surface area contributed by atoms with Gasteiger partial charge in [0.1, 0.15) is 11.8 Å². The van der Waals surface area contributed by atoms with E-state index in [1.807, 2.05) is 30.3 Å². The van der Waals surface area contributed by atoms with Crippen LogP contribution < -0.4 is 10.2 Å². The van der Waals surface area contributed by atoms with Gasteiger partial charge in [-0.05, 0) is 42.7 Å². The first-order valence-electron chi connectivity index (χ1n) is 7.55. The van der Waals surface area contributed by atoms with Gasteiger partial charge in [0, 0.05) is 5.92 Å².